The van der Waals surface area contributed by atoms with Gasteiger partial charge in [0.2, 0.25) is 6.39 Å². The Balaban J connectivity index is 1.68. The van der Waals surface area contributed by atoms with Crippen LogP contribution in [0.15, 0.2) is 29.1 Å². The minimum absolute atomic E-state index is 0.158. The largest absolute Gasteiger partial charge is 0.490 e. The summed E-state index contributed by atoms with van der Waals surface area (Å²) in [6.07, 6.45) is 2.24. The summed E-state index contributed by atoms with van der Waals surface area (Å²) in [6, 6.07) is 6.18. The predicted molar refractivity (Wildman–Crippen MR) is 71.6 cm³/mol. The van der Waals surface area contributed by atoms with E-state index in [1.807, 2.05) is 18.2 Å². The van der Waals surface area contributed by atoms with Crippen molar-refractivity contribution in [1.82, 2.24) is 15.5 Å². The highest BCUT2D eigenvalue weighted by Gasteiger charge is 2.13. The molecule has 0 saturated heterocycles. The summed E-state index contributed by atoms with van der Waals surface area (Å²) < 4.78 is 16.0. The molecule has 0 radical (unpaired) electrons. The van der Waals surface area contributed by atoms with Crippen LogP contribution in [0.25, 0.3) is 0 Å². The first-order valence-corrected chi connectivity index (χ1v) is 6.71. The molecular formula is C14H17N3O3. The van der Waals surface area contributed by atoms with Gasteiger partial charge in [-0.15, -0.1) is 0 Å². The Morgan fingerprint density at radius 3 is 2.90 bits per heavy atom. The van der Waals surface area contributed by atoms with Crippen LogP contribution >= 0.6 is 0 Å². The van der Waals surface area contributed by atoms with Crippen LogP contribution in [0.2, 0.25) is 0 Å². The van der Waals surface area contributed by atoms with Crippen molar-refractivity contribution in [3.63, 3.8) is 0 Å². The standard InChI is InChI=1S/C14H17N3O3/c1-10(15-8-14-16-9-20-17-14)11-3-4-12-13(7-11)19-6-2-5-18-12/h3-4,7,9-10,15H,2,5-6,8H2,1H3. The van der Waals surface area contributed by atoms with Gasteiger partial charge in [0, 0.05) is 12.5 Å². The van der Waals surface area contributed by atoms with Crippen molar-refractivity contribution in [2.75, 3.05) is 13.2 Å². The topological polar surface area (TPSA) is 69.4 Å². The average molecular weight is 275 g/mol. The van der Waals surface area contributed by atoms with Gasteiger partial charge in [-0.25, -0.2) is 0 Å². The van der Waals surface area contributed by atoms with E-state index in [2.05, 4.69) is 22.4 Å². The number of hydrogen-bond donors (Lipinski definition) is 1. The molecule has 1 aromatic heterocycles. The van der Waals surface area contributed by atoms with Gasteiger partial charge < -0.3 is 19.3 Å². The molecule has 0 amide bonds. The van der Waals surface area contributed by atoms with E-state index in [4.69, 9.17) is 14.0 Å². The average Bonchev–Trinajstić information content (AvgIpc) is 2.88. The highest BCUT2D eigenvalue weighted by atomic mass is 16.5. The van der Waals surface area contributed by atoms with Gasteiger partial charge in [-0.05, 0) is 24.6 Å². The van der Waals surface area contributed by atoms with Crippen molar-refractivity contribution in [1.29, 1.82) is 0 Å². The van der Waals surface area contributed by atoms with Crippen molar-refractivity contribution >= 4 is 0 Å². The number of nitrogens with one attached hydrogen (secondary N) is 1. The Hall–Kier alpha value is -2.08. The van der Waals surface area contributed by atoms with Crippen molar-refractivity contribution in [3.8, 4) is 11.5 Å². The van der Waals surface area contributed by atoms with E-state index in [1.165, 1.54) is 6.39 Å². The second-order valence-corrected chi connectivity index (χ2v) is 4.71. The Labute approximate surface area is 117 Å². The van der Waals surface area contributed by atoms with Crippen LogP contribution in [-0.4, -0.2) is 23.4 Å². The van der Waals surface area contributed by atoms with E-state index in [0.29, 0.717) is 25.6 Å². The summed E-state index contributed by atoms with van der Waals surface area (Å²) in [5.41, 5.74) is 1.14. The van der Waals surface area contributed by atoms with Crippen LogP contribution in [0, 0.1) is 0 Å². The van der Waals surface area contributed by atoms with Crippen LogP contribution in [0.3, 0.4) is 0 Å². The third-order valence-corrected chi connectivity index (χ3v) is 3.24. The molecule has 2 heterocycles. The molecule has 106 valence electrons. The van der Waals surface area contributed by atoms with Gasteiger partial charge in [0.05, 0.1) is 19.8 Å². The molecule has 6 nitrogen and oxygen atoms in total. The molecule has 0 aliphatic carbocycles. The lowest BCUT2D eigenvalue weighted by atomic mass is 10.1. The third kappa shape index (κ3) is 2.91. The summed E-state index contributed by atoms with van der Waals surface area (Å²) in [5, 5.41) is 7.11. The minimum atomic E-state index is 0.158. The normalized spacial score (nSPS) is 15.7. The molecule has 1 aliphatic heterocycles. The molecule has 20 heavy (non-hydrogen) atoms. The third-order valence-electron chi connectivity index (χ3n) is 3.24. The highest BCUT2D eigenvalue weighted by Crippen LogP contribution is 2.32. The fraction of sp³-hybridized carbons (Fsp3) is 0.429. The molecule has 1 atom stereocenters. The summed E-state index contributed by atoms with van der Waals surface area (Å²) in [6.45, 7) is 4.05. The van der Waals surface area contributed by atoms with E-state index in [9.17, 15) is 0 Å². The van der Waals surface area contributed by atoms with Gasteiger partial charge >= 0.3 is 0 Å². The number of rotatable bonds is 4. The summed E-state index contributed by atoms with van der Waals surface area (Å²) in [5.74, 6) is 2.27. The second-order valence-electron chi connectivity index (χ2n) is 4.71. The van der Waals surface area contributed by atoms with Crippen LogP contribution in [0.4, 0.5) is 0 Å². The number of nitrogens with zero attached hydrogens (tertiary/aromatic N) is 2. The van der Waals surface area contributed by atoms with Crippen molar-refractivity contribution in [2.45, 2.75) is 25.9 Å². The summed E-state index contributed by atoms with van der Waals surface area (Å²) in [4.78, 5) is 3.98. The Morgan fingerprint density at radius 1 is 1.25 bits per heavy atom. The first-order valence-electron chi connectivity index (χ1n) is 6.71. The van der Waals surface area contributed by atoms with Gasteiger partial charge in [-0.3, -0.25) is 0 Å². The first-order chi connectivity index (χ1) is 9.83. The lowest BCUT2D eigenvalue weighted by molar-refractivity contribution is 0.297. The van der Waals surface area contributed by atoms with E-state index in [-0.39, 0.29) is 6.04 Å². The Morgan fingerprint density at radius 2 is 2.10 bits per heavy atom. The number of fused-ring (bicyclic) bond motifs is 1. The fourth-order valence-corrected chi connectivity index (χ4v) is 2.08. The number of benzene rings is 1. The van der Waals surface area contributed by atoms with Gasteiger partial charge in [-0.1, -0.05) is 11.2 Å². The number of ether oxygens (including phenoxy) is 2. The molecule has 1 aromatic carbocycles. The molecule has 1 unspecified atom stereocenters. The van der Waals surface area contributed by atoms with E-state index < -0.39 is 0 Å². The van der Waals surface area contributed by atoms with Crippen LogP contribution < -0.4 is 14.8 Å². The van der Waals surface area contributed by atoms with Crippen molar-refractivity contribution in [2.24, 2.45) is 0 Å². The van der Waals surface area contributed by atoms with E-state index in [0.717, 1.165) is 23.5 Å². The molecule has 0 saturated carbocycles. The molecule has 6 heteroatoms. The first kappa shape index (κ1) is 12.9. The van der Waals surface area contributed by atoms with Crippen LogP contribution in [-0.2, 0) is 6.54 Å². The maximum absolute atomic E-state index is 5.70. The fourth-order valence-electron chi connectivity index (χ4n) is 2.08. The highest BCUT2D eigenvalue weighted by molar-refractivity contribution is 5.44. The summed E-state index contributed by atoms with van der Waals surface area (Å²) >= 11 is 0. The molecule has 3 rings (SSSR count). The number of hydrogen-bond acceptors (Lipinski definition) is 6. The van der Waals surface area contributed by atoms with Crippen molar-refractivity contribution < 1.29 is 14.0 Å². The summed E-state index contributed by atoms with van der Waals surface area (Å²) in [7, 11) is 0. The van der Waals surface area contributed by atoms with Crippen LogP contribution in [0.5, 0.6) is 11.5 Å². The molecule has 0 bridgehead atoms. The lowest BCUT2D eigenvalue weighted by Crippen LogP contribution is -2.18. The molecule has 1 aliphatic rings. The zero-order valence-electron chi connectivity index (χ0n) is 11.3. The van der Waals surface area contributed by atoms with Crippen molar-refractivity contribution in [3.05, 3.63) is 36.0 Å². The smallest absolute Gasteiger partial charge is 0.213 e. The number of aromatic nitrogens is 2. The SMILES string of the molecule is CC(NCc1ncon1)c1ccc2c(c1)OCCCO2. The maximum Gasteiger partial charge on any atom is 0.213 e. The van der Waals surface area contributed by atoms with Crippen LogP contribution in [0.1, 0.15) is 30.8 Å². The quantitative estimate of drug-likeness (QED) is 0.921. The zero-order chi connectivity index (χ0) is 13.8. The lowest BCUT2D eigenvalue weighted by Gasteiger charge is -2.15. The van der Waals surface area contributed by atoms with Gasteiger partial charge in [0.15, 0.2) is 17.3 Å². The second kappa shape index (κ2) is 5.92. The maximum atomic E-state index is 5.70. The van der Waals surface area contributed by atoms with Gasteiger partial charge in [0.25, 0.3) is 0 Å². The van der Waals surface area contributed by atoms with Gasteiger partial charge in [0.1, 0.15) is 0 Å². The molecular weight excluding hydrogens is 258 g/mol. The molecule has 0 spiro atoms. The predicted octanol–water partition coefficient (Wildman–Crippen LogP) is 2.08. The monoisotopic (exact) mass is 275 g/mol. The Bertz CT molecular complexity index is 557. The molecule has 2 aromatic rings. The van der Waals surface area contributed by atoms with Gasteiger partial charge in [-0.2, -0.15) is 4.98 Å². The van der Waals surface area contributed by atoms with E-state index >= 15 is 0 Å². The molecule has 1 N–H and O–H groups in total. The Kier molecular flexibility index (Phi) is 3.83. The zero-order valence-corrected chi connectivity index (χ0v) is 11.3. The minimum Gasteiger partial charge on any atom is -0.490 e. The molecule has 0 fully saturated rings. The van der Waals surface area contributed by atoms with E-state index in [1.54, 1.807) is 0 Å².